The molecular weight excluding hydrogens is 417 g/mol. The molecule has 31 heavy (non-hydrogen) atoms. The van der Waals surface area contributed by atoms with Crippen molar-refractivity contribution < 1.29 is 13.9 Å². The topological polar surface area (TPSA) is 95.1 Å². The normalized spacial score (nSPS) is 10.4. The zero-order valence-electron chi connectivity index (χ0n) is 20.1. The number of aromatic nitrogens is 3. The van der Waals surface area contributed by atoms with Crippen LogP contribution in [0.15, 0.2) is 30.7 Å². The first kappa shape index (κ1) is 31.2. The third-order valence-corrected chi connectivity index (χ3v) is 2.73. The van der Waals surface area contributed by atoms with Crippen molar-refractivity contribution in [2.75, 3.05) is 13.6 Å². The van der Waals surface area contributed by atoms with Crippen LogP contribution in [0.2, 0.25) is 0 Å². The van der Waals surface area contributed by atoms with Gasteiger partial charge in [0.25, 0.3) is 6.47 Å². The summed E-state index contributed by atoms with van der Waals surface area (Å²) in [4.78, 5) is 13.7. The fourth-order valence-corrected chi connectivity index (χ4v) is 1.49. The number of carbonyl (C=O) groups excluding carboxylic acids is 1. The Bertz CT molecular complexity index is 687. The van der Waals surface area contributed by atoms with E-state index in [1.54, 1.807) is 12.3 Å². The van der Waals surface area contributed by atoms with Crippen molar-refractivity contribution in [2.45, 2.75) is 71.8 Å². The van der Waals surface area contributed by atoms with Gasteiger partial charge in [-0.1, -0.05) is 33.8 Å². The van der Waals surface area contributed by atoms with E-state index in [-0.39, 0.29) is 16.2 Å². The van der Waals surface area contributed by atoms with Gasteiger partial charge in [0, 0.05) is 17.5 Å². The highest BCUT2D eigenvalue weighted by Crippen LogP contribution is 2.07. The molecule has 0 fully saturated rings. The lowest BCUT2D eigenvalue weighted by Gasteiger charge is -2.14. The quantitative estimate of drug-likeness (QED) is 0.461. The largest absolute Gasteiger partial charge is 0.462 e. The van der Waals surface area contributed by atoms with Gasteiger partial charge in [-0.15, -0.1) is 0 Å². The predicted molar refractivity (Wildman–Crippen MR) is 129 cm³/mol. The second kappa shape index (κ2) is 16.7. The molecule has 0 saturated carbocycles. The second-order valence-corrected chi connectivity index (χ2v) is 9.77. The molecule has 0 unspecified atom stereocenters. The summed E-state index contributed by atoms with van der Waals surface area (Å²) in [5, 5.41) is 6.81. The molecule has 178 valence electrons. The van der Waals surface area contributed by atoms with Gasteiger partial charge in [-0.3, -0.25) is 4.79 Å². The minimum atomic E-state index is -0.380. The number of rotatable bonds is 5. The maximum atomic E-state index is 12.6. The van der Waals surface area contributed by atoms with E-state index < -0.39 is 0 Å². The molecule has 0 aliphatic carbocycles. The van der Waals surface area contributed by atoms with Crippen molar-refractivity contribution in [1.82, 2.24) is 20.1 Å². The smallest absolute Gasteiger partial charge is 0.293 e. The van der Waals surface area contributed by atoms with Gasteiger partial charge in [0.2, 0.25) is 0 Å². The van der Waals surface area contributed by atoms with Crippen LogP contribution < -0.4 is 11.1 Å². The lowest BCUT2D eigenvalue weighted by Crippen LogP contribution is -2.17. The van der Waals surface area contributed by atoms with E-state index in [0.717, 1.165) is 18.3 Å². The average molecular weight is 458 g/mol. The van der Waals surface area contributed by atoms with Crippen LogP contribution in [0.1, 0.15) is 60.5 Å². The van der Waals surface area contributed by atoms with Crippen molar-refractivity contribution in [3.8, 4) is 5.82 Å². The zero-order valence-corrected chi connectivity index (χ0v) is 21.0. The van der Waals surface area contributed by atoms with Crippen molar-refractivity contribution in [3.63, 3.8) is 0 Å². The van der Waals surface area contributed by atoms with Crippen LogP contribution in [0, 0.1) is 5.82 Å². The highest BCUT2D eigenvalue weighted by Gasteiger charge is 2.07. The van der Waals surface area contributed by atoms with Crippen LogP contribution in [0.25, 0.3) is 5.82 Å². The number of pyridine rings is 1. The highest BCUT2D eigenvalue weighted by atomic mass is 32.1. The summed E-state index contributed by atoms with van der Waals surface area (Å²) in [6, 6.07) is 3.58. The molecule has 2 heterocycles. The monoisotopic (exact) mass is 457 g/mol. The summed E-state index contributed by atoms with van der Waals surface area (Å²) >= 11 is 4.12. The van der Waals surface area contributed by atoms with E-state index >= 15 is 0 Å². The lowest BCUT2D eigenvalue weighted by atomic mass is 10.2. The Kier molecular flexibility index (Phi) is 16.8. The number of carbonyl (C=O) groups is 1. The summed E-state index contributed by atoms with van der Waals surface area (Å²) in [7, 11) is 1.96. The molecule has 3 N–H and O–H groups in total. The third kappa shape index (κ3) is 22.5. The van der Waals surface area contributed by atoms with Gasteiger partial charge < -0.3 is 15.8 Å². The maximum Gasteiger partial charge on any atom is 0.293 e. The summed E-state index contributed by atoms with van der Waals surface area (Å²) in [5.41, 5.74) is 6.03. The van der Waals surface area contributed by atoms with E-state index in [1.807, 2.05) is 33.9 Å². The molecule has 7 nitrogen and oxygen atoms in total. The fraction of sp³-hybridized carbons (Fsp3) is 0.591. The Balaban J connectivity index is 0. The van der Waals surface area contributed by atoms with Crippen molar-refractivity contribution in [1.29, 1.82) is 0 Å². The molecule has 0 aliphatic heterocycles. The van der Waals surface area contributed by atoms with E-state index in [1.165, 1.54) is 17.3 Å². The predicted octanol–water partition coefficient (Wildman–Crippen LogP) is 4.15. The number of hydrogen-bond acceptors (Lipinski definition) is 7. The van der Waals surface area contributed by atoms with Crippen molar-refractivity contribution >= 4 is 19.1 Å². The summed E-state index contributed by atoms with van der Waals surface area (Å²) < 4.78 is 18.7. The van der Waals surface area contributed by atoms with Gasteiger partial charge >= 0.3 is 0 Å². The Morgan fingerprint density at radius 1 is 1.23 bits per heavy atom. The Labute approximate surface area is 192 Å². The van der Waals surface area contributed by atoms with E-state index in [9.17, 15) is 9.18 Å². The minimum Gasteiger partial charge on any atom is -0.462 e. The number of hydrogen-bond donors (Lipinski definition) is 3. The molecule has 2 aromatic rings. The fourth-order valence-electron chi connectivity index (χ4n) is 1.49. The summed E-state index contributed by atoms with van der Waals surface area (Å²) in [6.07, 6.45) is 5.29. The van der Waals surface area contributed by atoms with Crippen LogP contribution in [0.4, 0.5) is 4.39 Å². The van der Waals surface area contributed by atoms with Gasteiger partial charge in [-0.05, 0) is 52.4 Å². The van der Waals surface area contributed by atoms with E-state index in [2.05, 4.69) is 60.5 Å². The van der Waals surface area contributed by atoms with Crippen LogP contribution in [-0.2, 0) is 16.1 Å². The molecule has 0 atom stereocenters. The van der Waals surface area contributed by atoms with Crippen molar-refractivity contribution in [3.05, 3.63) is 42.1 Å². The number of halogens is 1. The van der Waals surface area contributed by atoms with Gasteiger partial charge in [-0.2, -0.15) is 17.7 Å². The molecule has 9 heteroatoms. The second-order valence-electron chi connectivity index (χ2n) is 8.43. The molecule has 0 spiro atoms. The van der Waals surface area contributed by atoms with E-state index in [0.29, 0.717) is 18.8 Å². The summed E-state index contributed by atoms with van der Waals surface area (Å²) in [6.45, 7) is 15.8. The first-order valence-corrected chi connectivity index (χ1v) is 10.6. The van der Waals surface area contributed by atoms with Crippen LogP contribution in [-0.4, -0.2) is 45.2 Å². The Morgan fingerprint density at radius 3 is 2.03 bits per heavy atom. The van der Waals surface area contributed by atoms with Crippen molar-refractivity contribution in [2.24, 2.45) is 5.73 Å². The van der Waals surface area contributed by atoms with Gasteiger partial charge in [-0.25, -0.2) is 14.1 Å². The standard InChI is InChI=1S/C9H9FN4.C5H10O2.C4H11N.C4H10S/c10-8-5-13-14(6-8)9-2-1-7(3-11)4-12-9;1-5(2,3)7-4-6;1-3-4-5-2;1-4(2,3)5/h1-2,4-6H,3,11H2;4H,1-3H3;5H,3-4H2,1-2H3;5H,1-3H3. The van der Waals surface area contributed by atoms with Crippen LogP contribution in [0.3, 0.4) is 0 Å². The molecule has 0 saturated heterocycles. The third-order valence-electron chi connectivity index (χ3n) is 2.73. The zero-order chi connectivity index (χ0) is 24.5. The SMILES string of the molecule is CC(C)(C)OC=O.CC(C)(C)S.CCCNC.NCc1ccc(-n2cc(F)cn2)nc1. The average Bonchev–Trinajstić information content (AvgIpc) is 3.08. The molecule has 0 aliphatic rings. The number of ether oxygens (including phenoxy) is 1. The van der Waals surface area contributed by atoms with Crippen LogP contribution >= 0.6 is 12.6 Å². The van der Waals surface area contributed by atoms with Crippen LogP contribution in [0.5, 0.6) is 0 Å². The molecule has 0 radical (unpaired) electrons. The minimum absolute atomic E-state index is 0.194. The molecule has 0 bridgehead atoms. The first-order valence-electron chi connectivity index (χ1n) is 10.1. The summed E-state index contributed by atoms with van der Waals surface area (Å²) in [5.74, 6) is 0.195. The van der Waals surface area contributed by atoms with E-state index in [4.69, 9.17) is 5.73 Å². The number of nitrogens with zero attached hydrogens (tertiary/aromatic N) is 3. The molecule has 2 aromatic heterocycles. The molecule has 0 aromatic carbocycles. The molecular formula is C22H40FN5O2S. The number of thiol groups is 1. The Hall–Kier alpha value is -1.97. The van der Waals surface area contributed by atoms with Gasteiger partial charge in [0.05, 0.1) is 12.4 Å². The Morgan fingerprint density at radius 2 is 1.81 bits per heavy atom. The number of nitrogens with one attached hydrogen (secondary N) is 1. The lowest BCUT2D eigenvalue weighted by molar-refractivity contribution is -0.138. The van der Waals surface area contributed by atoms with Gasteiger partial charge in [0.15, 0.2) is 11.6 Å². The first-order chi connectivity index (χ1) is 14.3. The molecule has 2 rings (SSSR count). The number of nitrogens with two attached hydrogens (primary N) is 1. The molecule has 0 amide bonds. The maximum absolute atomic E-state index is 12.6. The highest BCUT2D eigenvalue weighted by molar-refractivity contribution is 7.81. The van der Waals surface area contributed by atoms with Gasteiger partial charge in [0.1, 0.15) is 5.60 Å².